The average Bonchev–Trinajstić information content (AvgIpc) is 3.30. The molecule has 1 spiro atoms. The second kappa shape index (κ2) is 13.5. The molecule has 3 aliphatic rings. The van der Waals surface area contributed by atoms with Crippen LogP contribution in [0, 0.1) is 0 Å². The van der Waals surface area contributed by atoms with Crippen molar-refractivity contribution in [1.29, 1.82) is 0 Å². The molecule has 0 unspecified atom stereocenters. The topological polar surface area (TPSA) is 65.6 Å². The van der Waals surface area contributed by atoms with Gasteiger partial charge in [0.05, 0.1) is 12.1 Å². The number of piperazine rings is 1. The van der Waals surface area contributed by atoms with Crippen molar-refractivity contribution in [3.8, 4) is 0 Å². The Balaban J connectivity index is 1.42. The molecule has 0 saturated carbocycles. The summed E-state index contributed by atoms with van der Waals surface area (Å²) in [6, 6.07) is 3.85. The highest BCUT2D eigenvalue weighted by molar-refractivity contribution is 5.72. The smallest absolute Gasteiger partial charge is 0.434 e. The van der Waals surface area contributed by atoms with Gasteiger partial charge >= 0.3 is 30.6 Å². The van der Waals surface area contributed by atoms with Crippen molar-refractivity contribution >= 4 is 17.7 Å². The standard InChI is InChI=1S/C30H39F9N4O4/c1-26(2,3)47-23(44)19-40-11-13-41(14-12-40)22-16-20(15-21(17-22)28(31,32)33)18-43-8-4-5-27(43)6-9-42(10-7-27)25(45)46-24(29(34,35)36)30(37,38)39/h15-17,24H,4-14,18-19H2,1-3H3. The molecule has 0 N–H and O–H groups in total. The van der Waals surface area contributed by atoms with Crippen molar-refractivity contribution in [3.63, 3.8) is 0 Å². The van der Waals surface area contributed by atoms with E-state index in [1.807, 2.05) is 14.7 Å². The van der Waals surface area contributed by atoms with Gasteiger partial charge < -0.3 is 19.3 Å². The highest BCUT2D eigenvalue weighted by atomic mass is 19.4. The number of alkyl halides is 9. The van der Waals surface area contributed by atoms with Gasteiger partial charge in [0.25, 0.3) is 6.10 Å². The summed E-state index contributed by atoms with van der Waals surface area (Å²) in [5.74, 6) is -0.388. The molecule has 4 rings (SSSR count). The van der Waals surface area contributed by atoms with E-state index in [1.165, 1.54) is 0 Å². The van der Waals surface area contributed by atoms with Crippen molar-refractivity contribution in [2.45, 2.75) is 88.8 Å². The Morgan fingerprint density at radius 1 is 0.809 bits per heavy atom. The molecule has 0 aliphatic carbocycles. The molecule has 1 amide bonds. The molecule has 0 bridgehead atoms. The fourth-order valence-electron chi connectivity index (χ4n) is 6.46. The highest BCUT2D eigenvalue weighted by Gasteiger charge is 2.60. The van der Waals surface area contributed by atoms with Crippen LogP contribution in [0.5, 0.6) is 0 Å². The van der Waals surface area contributed by atoms with E-state index in [4.69, 9.17) is 4.74 Å². The molecule has 17 heteroatoms. The minimum atomic E-state index is -5.83. The summed E-state index contributed by atoms with van der Waals surface area (Å²) in [4.78, 5) is 31.0. The maximum absolute atomic E-state index is 14.0. The molecule has 47 heavy (non-hydrogen) atoms. The number of halogens is 9. The lowest BCUT2D eigenvalue weighted by atomic mass is 9.84. The van der Waals surface area contributed by atoms with Crippen LogP contribution >= 0.6 is 0 Å². The first kappa shape index (κ1) is 36.9. The number of likely N-dealkylation sites (tertiary alicyclic amines) is 2. The quantitative estimate of drug-likeness (QED) is 0.259. The van der Waals surface area contributed by atoms with Gasteiger partial charge in [0.2, 0.25) is 0 Å². The Hall–Kier alpha value is -2.95. The van der Waals surface area contributed by atoms with E-state index >= 15 is 0 Å². The molecule has 1 aromatic carbocycles. The van der Waals surface area contributed by atoms with Gasteiger partial charge in [0.1, 0.15) is 5.60 Å². The van der Waals surface area contributed by atoms with Crippen LogP contribution in [0.25, 0.3) is 0 Å². The summed E-state index contributed by atoms with van der Waals surface area (Å²) < 4.78 is 129. The second-order valence-electron chi connectivity index (χ2n) is 13.3. The minimum Gasteiger partial charge on any atom is -0.459 e. The lowest BCUT2D eigenvalue weighted by Crippen LogP contribution is -2.54. The number of anilines is 1. The predicted octanol–water partition coefficient (Wildman–Crippen LogP) is 6.23. The monoisotopic (exact) mass is 690 g/mol. The van der Waals surface area contributed by atoms with Gasteiger partial charge in [-0.1, -0.05) is 0 Å². The van der Waals surface area contributed by atoms with Crippen LogP contribution in [0.2, 0.25) is 0 Å². The molecule has 3 saturated heterocycles. The summed E-state index contributed by atoms with van der Waals surface area (Å²) in [5.41, 5.74) is -1.28. The number of amides is 1. The van der Waals surface area contributed by atoms with E-state index in [9.17, 15) is 49.1 Å². The minimum absolute atomic E-state index is 0.0659. The molecule has 3 fully saturated rings. The zero-order chi connectivity index (χ0) is 35.0. The van der Waals surface area contributed by atoms with E-state index in [2.05, 4.69) is 4.74 Å². The lowest BCUT2D eigenvalue weighted by Gasteiger charge is -2.45. The maximum Gasteiger partial charge on any atom is 0.434 e. The number of esters is 1. The zero-order valence-corrected chi connectivity index (χ0v) is 26.3. The Labute approximate surface area is 266 Å². The molecule has 3 heterocycles. The molecular weight excluding hydrogens is 651 g/mol. The predicted molar refractivity (Wildman–Crippen MR) is 152 cm³/mol. The fourth-order valence-corrected chi connectivity index (χ4v) is 6.46. The Morgan fingerprint density at radius 2 is 1.40 bits per heavy atom. The van der Waals surface area contributed by atoms with Crippen LogP contribution in [-0.2, 0) is 27.0 Å². The fraction of sp³-hybridized carbons (Fsp3) is 0.733. The lowest BCUT2D eigenvalue weighted by molar-refractivity contribution is -0.308. The van der Waals surface area contributed by atoms with Gasteiger partial charge in [-0.25, -0.2) is 4.79 Å². The molecule has 8 nitrogen and oxygen atoms in total. The van der Waals surface area contributed by atoms with Crippen LogP contribution in [-0.4, -0.2) is 109 Å². The van der Waals surface area contributed by atoms with E-state index in [1.54, 1.807) is 26.8 Å². The van der Waals surface area contributed by atoms with Gasteiger partial charge in [-0.3, -0.25) is 14.6 Å². The van der Waals surface area contributed by atoms with E-state index in [0.29, 0.717) is 56.8 Å². The second-order valence-corrected chi connectivity index (χ2v) is 13.3. The first-order valence-corrected chi connectivity index (χ1v) is 15.3. The molecule has 0 radical (unpaired) electrons. The summed E-state index contributed by atoms with van der Waals surface area (Å²) in [6.45, 7) is 7.29. The highest BCUT2D eigenvalue weighted by Crippen LogP contribution is 2.42. The normalized spacial score (nSPS) is 20.3. The number of rotatable bonds is 6. The molecule has 1 aromatic rings. The summed E-state index contributed by atoms with van der Waals surface area (Å²) >= 11 is 0. The molecule has 0 aromatic heterocycles. The molecule has 0 atom stereocenters. The van der Waals surface area contributed by atoms with Gasteiger partial charge in [0, 0.05) is 57.0 Å². The number of carbonyl (C=O) groups is 2. The van der Waals surface area contributed by atoms with Crippen LogP contribution in [0.3, 0.4) is 0 Å². The van der Waals surface area contributed by atoms with Gasteiger partial charge in [-0.05, 0) is 76.8 Å². The third-order valence-electron chi connectivity index (χ3n) is 8.70. The maximum atomic E-state index is 14.0. The van der Waals surface area contributed by atoms with Gasteiger partial charge in [-0.2, -0.15) is 39.5 Å². The molecular formula is C30H39F9N4O4. The van der Waals surface area contributed by atoms with E-state index < -0.39 is 47.4 Å². The average molecular weight is 691 g/mol. The first-order valence-electron chi connectivity index (χ1n) is 15.3. The molecule has 3 aliphatic heterocycles. The van der Waals surface area contributed by atoms with Crippen molar-refractivity contribution in [2.75, 3.05) is 57.3 Å². The van der Waals surface area contributed by atoms with E-state index in [0.717, 1.165) is 17.0 Å². The third kappa shape index (κ3) is 9.57. The Bertz CT molecular complexity index is 1250. The van der Waals surface area contributed by atoms with Crippen LogP contribution in [0.15, 0.2) is 18.2 Å². The number of ether oxygens (including phenoxy) is 2. The van der Waals surface area contributed by atoms with Crippen molar-refractivity contribution in [3.05, 3.63) is 29.3 Å². The van der Waals surface area contributed by atoms with Crippen molar-refractivity contribution < 1.29 is 58.6 Å². The number of carbonyl (C=O) groups excluding carboxylic acids is 2. The van der Waals surface area contributed by atoms with Crippen molar-refractivity contribution in [1.82, 2.24) is 14.7 Å². The Morgan fingerprint density at radius 3 is 1.94 bits per heavy atom. The number of nitrogens with zero attached hydrogens (tertiary/aromatic N) is 4. The zero-order valence-electron chi connectivity index (χ0n) is 26.3. The van der Waals surface area contributed by atoms with Crippen LogP contribution < -0.4 is 4.90 Å². The van der Waals surface area contributed by atoms with Crippen LogP contribution in [0.4, 0.5) is 50.0 Å². The third-order valence-corrected chi connectivity index (χ3v) is 8.70. The first-order chi connectivity index (χ1) is 21.6. The SMILES string of the molecule is CC(C)(C)OC(=O)CN1CCN(c2cc(CN3CCCC34CCN(C(=O)OC(C(F)(F)F)C(F)(F)F)CC4)cc(C(F)(F)F)c2)CC1. The summed E-state index contributed by atoms with van der Waals surface area (Å²) in [5, 5.41) is 0. The largest absolute Gasteiger partial charge is 0.459 e. The van der Waals surface area contributed by atoms with Gasteiger partial charge in [0.15, 0.2) is 0 Å². The van der Waals surface area contributed by atoms with Gasteiger partial charge in [-0.15, -0.1) is 0 Å². The molecule has 266 valence electrons. The Kier molecular flexibility index (Phi) is 10.6. The number of hydrogen-bond donors (Lipinski definition) is 0. The summed E-state index contributed by atoms with van der Waals surface area (Å²) in [7, 11) is 0. The van der Waals surface area contributed by atoms with E-state index in [-0.39, 0.29) is 45.0 Å². The summed E-state index contributed by atoms with van der Waals surface area (Å²) in [6.07, 6.45) is -20.6. The number of hydrogen-bond acceptors (Lipinski definition) is 7. The van der Waals surface area contributed by atoms with Crippen molar-refractivity contribution in [2.24, 2.45) is 0 Å². The number of benzene rings is 1. The van der Waals surface area contributed by atoms with Crippen LogP contribution in [0.1, 0.15) is 57.6 Å². The number of piperidine rings is 1.